The van der Waals surface area contributed by atoms with Crippen LogP contribution in [0.5, 0.6) is 0 Å². The first-order chi connectivity index (χ1) is 10.2. The minimum atomic E-state index is 0.595. The molecule has 1 aromatic carbocycles. The van der Waals surface area contributed by atoms with Gasteiger partial charge < -0.3 is 10.3 Å². The Bertz CT molecular complexity index is 604. The van der Waals surface area contributed by atoms with Crippen LogP contribution in [-0.4, -0.2) is 9.55 Å². The van der Waals surface area contributed by atoms with Crippen LogP contribution in [0, 0.1) is 6.92 Å². The van der Waals surface area contributed by atoms with Crippen molar-refractivity contribution in [3.63, 3.8) is 0 Å². The molecule has 1 heterocycles. The number of aryl methyl sites for hydroxylation is 1. The largest absolute Gasteiger partial charge is 0.383 e. The van der Waals surface area contributed by atoms with Crippen molar-refractivity contribution in [3.05, 3.63) is 35.7 Å². The topological polar surface area (TPSA) is 43.8 Å². The summed E-state index contributed by atoms with van der Waals surface area (Å²) < 4.78 is 2.26. The maximum absolute atomic E-state index is 6.43. The van der Waals surface area contributed by atoms with Crippen LogP contribution in [0.4, 0.5) is 5.82 Å². The third-order valence-electron chi connectivity index (χ3n) is 4.53. The van der Waals surface area contributed by atoms with Gasteiger partial charge in [-0.3, -0.25) is 0 Å². The molecule has 0 atom stereocenters. The number of hydrogen-bond acceptors (Lipinski definition) is 2. The highest BCUT2D eigenvalue weighted by Gasteiger charge is 2.25. The Kier molecular flexibility index (Phi) is 4.00. The van der Waals surface area contributed by atoms with Crippen LogP contribution < -0.4 is 5.73 Å². The summed E-state index contributed by atoms with van der Waals surface area (Å²) >= 11 is 0. The van der Waals surface area contributed by atoms with Crippen LogP contribution in [0.2, 0.25) is 0 Å². The first-order valence-corrected chi connectivity index (χ1v) is 8.13. The predicted octanol–water partition coefficient (Wildman–Crippen LogP) is 4.51. The van der Waals surface area contributed by atoms with Gasteiger partial charge in [0.1, 0.15) is 17.3 Å². The molecule has 3 rings (SSSR count). The average Bonchev–Trinajstić information content (AvgIpc) is 3.10. The van der Waals surface area contributed by atoms with E-state index < -0.39 is 0 Å². The Morgan fingerprint density at radius 1 is 1.19 bits per heavy atom. The molecule has 112 valence electrons. The van der Waals surface area contributed by atoms with E-state index in [-0.39, 0.29) is 0 Å². The maximum atomic E-state index is 6.43. The Morgan fingerprint density at radius 3 is 2.48 bits per heavy atom. The molecule has 0 amide bonds. The van der Waals surface area contributed by atoms with Crippen LogP contribution in [-0.2, 0) is 6.54 Å². The summed E-state index contributed by atoms with van der Waals surface area (Å²) in [7, 11) is 0. The lowest BCUT2D eigenvalue weighted by Gasteiger charge is -2.12. The number of nitrogens with zero attached hydrogens (tertiary/aromatic N) is 2. The van der Waals surface area contributed by atoms with Gasteiger partial charge >= 0.3 is 0 Å². The Hall–Kier alpha value is -1.77. The highest BCUT2D eigenvalue weighted by atomic mass is 15.1. The monoisotopic (exact) mass is 283 g/mol. The van der Waals surface area contributed by atoms with Crippen molar-refractivity contribution in [3.8, 4) is 11.3 Å². The summed E-state index contributed by atoms with van der Waals surface area (Å²) in [5.74, 6) is 2.64. The molecule has 0 saturated heterocycles. The van der Waals surface area contributed by atoms with Crippen LogP contribution in [0.15, 0.2) is 24.3 Å². The average molecular weight is 283 g/mol. The number of nitrogens with two attached hydrogens (primary N) is 1. The Morgan fingerprint density at radius 2 is 1.86 bits per heavy atom. The van der Waals surface area contributed by atoms with Gasteiger partial charge in [0.05, 0.1) is 0 Å². The number of imidazole rings is 1. The summed E-state index contributed by atoms with van der Waals surface area (Å²) in [5, 5.41) is 0. The number of hydrogen-bond donors (Lipinski definition) is 1. The van der Waals surface area contributed by atoms with E-state index in [2.05, 4.69) is 42.7 Å². The summed E-state index contributed by atoms with van der Waals surface area (Å²) in [5.41, 5.74) is 9.79. The molecule has 21 heavy (non-hydrogen) atoms. The molecule has 2 aromatic rings. The second-order valence-corrected chi connectivity index (χ2v) is 6.20. The van der Waals surface area contributed by atoms with E-state index in [1.165, 1.54) is 37.1 Å². The van der Waals surface area contributed by atoms with Gasteiger partial charge in [-0.25, -0.2) is 4.98 Å². The molecule has 1 aliphatic carbocycles. The van der Waals surface area contributed by atoms with Crippen LogP contribution >= 0.6 is 0 Å². The van der Waals surface area contributed by atoms with Crippen molar-refractivity contribution in [2.24, 2.45) is 0 Å². The van der Waals surface area contributed by atoms with E-state index in [0.717, 1.165) is 30.0 Å². The summed E-state index contributed by atoms with van der Waals surface area (Å²) in [4.78, 5) is 4.95. The zero-order valence-electron chi connectivity index (χ0n) is 13.1. The lowest BCUT2D eigenvalue weighted by atomic mass is 10.1. The van der Waals surface area contributed by atoms with E-state index >= 15 is 0 Å². The first-order valence-electron chi connectivity index (χ1n) is 8.13. The van der Waals surface area contributed by atoms with Gasteiger partial charge in [0.2, 0.25) is 0 Å². The van der Waals surface area contributed by atoms with Crippen LogP contribution in [0.25, 0.3) is 11.3 Å². The number of nitrogen functional groups attached to an aromatic ring is 1. The fourth-order valence-corrected chi connectivity index (χ4v) is 3.36. The fraction of sp³-hybridized carbons (Fsp3) is 0.500. The molecule has 1 aromatic heterocycles. The van der Waals surface area contributed by atoms with Crippen molar-refractivity contribution in [2.45, 2.75) is 58.4 Å². The Labute approximate surface area is 127 Å². The van der Waals surface area contributed by atoms with Crippen molar-refractivity contribution >= 4 is 5.82 Å². The second kappa shape index (κ2) is 5.92. The molecule has 0 radical (unpaired) electrons. The van der Waals surface area contributed by atoms with E-state index in [1.807, 2.05) is 0 Å². The molecule has 1 aliphatic rings. The summed E-state index contributed by atoms with van der Waals surface area (Å²) in [6.07, 6.45) is 6.25. The zero-order chi connectivity index (χ0) is 14.8. The van der Waals surface area contributed by atoms with Gasteiger partial charge in [-0.1, -0.05) is 49.6 Å². The molecule has 0 bridgehead atoms. The molecule has 3 heteroatoms. The lowest BCUT2D eigenvalue weighted by Crippen LogP contribution is -2.09. The van der Waals surface area contributed by atoms with Gasteiger partial charge in [0.15, 0.2) is 0 Å². The predicted molar refractivity (Wildman–Crippen MR) is 88.3 cm³/mol. The van der Waals surface area contributed by atoms with Crippen LogP contribution in [0.3, 0.4) is 0 Å². The van der Waals surface area contributed by atoms with Gasteiger partial charge in [-0.15, -0.1) is 0 Å². The summed E-state index contributed by atoms with van der Waals surface area (Å²) in [6, 6.07) is 8.51. The van der Waals surface area contributed by atoms with Crippen LogP contribution in [0.1, 0.15) is 56.3 Å². The number of rotatable bonds is 4. The summed E-state index contributed by atoms with van der Waals surface area (Å²) in [6.45, 7) is 5.27. The van der Waals surface area contributed by atoms with E-state index in [4.69, 9.17) is 10.7 Å². The molecular weight excluding hydrogens is 258 g/mol. The highest BCUT2D eigenvalue weighted by Crippen LogP contribution is 2.37. The SMILES string of the molecule is CCCn1c(C2CCCC2)nc(-c2ccc(C)cc2)c1N. The highest BCUT2D eigenvalue weighted by molar-refractivity contribution is 5.71. The molecular formula is C18H25N3. The minimum absolute atomic E-state index is 0.595. The minimum Gasteiger partial charge on any atom is -0.383 e. The second-order valence-electron chi connectivity index (χ2n) is 6.20. The third-order valence-corrected chi connectivity index (χ3v) is 4.53. The maximum Gasteiger partial charge on any atom is 0.131 e. The van der Waals surface area contributed by atoms with Crippen molar-refractivity contribution in [1.29, 1.82) is 0 Å². The van der Waals surface area contributed by atoms with E-state index in [1.54, 1.807) is 0 Å². The number of anilines is 1. The quantitative estimate of drug-likeness (QED) is 0.897. The lowest BCUT2D eigenvalue weighted by molar-refractivity contribution is 0.579. The molecule has 1 saturated carbocycles. The number of benzene rings is 1. The number of aromatic nitrogens is 2. The smallest absolute Gasteiger partial charge is 0.131 e. The van der Waals surface area contributed by atoms with Crippen molar-refractivity contribution in [2.75, 3.05) is 5.73 Å². The molecule has 0 spiro atoms. The molecule has 0 aliphatic heterocycles. The standard InChI is InChI=1S/C18H25N3/c1-3-12-21-17(19)16(14-10-8-13(2)9-11-14)20-18(21)15-6-4-5-7-15/h8-11,15H,3-7,12,19H2,1-2H3. The van der Waals surface area contributed by atoms with Gasteiger partial charge in [0, 0.05) is 18.0 Å². The Balaban J connectivity index is 2.04. The van der Waals surface area contributed by atoms with E-state index in [0.29, 0.717) is 5.92 Å². The molecule has 0 unspecified atom stereocenters. The third kappa shape index (κ3) is 2.69. The van der Waals surface area contributed by atoms with Gasteiger partial charge in [0.25, 0.3) is 0 Å². The first kappa shape index (κ1) is 14.2. The zero-order valence-corrected chi connectivity index (χ0v) is 13.1. The fourth-order valence-electron chi connectivity index (χ4n) is 3.36. The molecule has 3 nitrogen and oxygen atoms in total. The molecule has 1 fully saturated rings. The van der Waals surface area contributed by atoms with E-state index in [9.17, 15) is 0 Å². The molecule has 2 N–H and O–H groups in total. The van der Waals surface area contributed by atoms with Gasteiger partial charge in [-0.05, 0) is 26.2 Å². The van der Waals surface area contributed by atoms with Crippen molar-refractivity contribution in [1.82, 2.24) is 9.55 Å². The normalized spacial score (nSPS) is 15.7. The van der Waals surface area contributed by atoms with Gasteiger partial charge in [-0.2, -0.15) is 0 Å². The van der Waals surface area contributed by atoms with Crippen molar-refractivity contribution < 1.29 is 0 Å².